The van der Waals surface area contributed by atoms with Crippen molar-refractivity contribution in [1.29, 1.82) is 5.26 Å². The second-order valence-electron chi connectivity index (χ2n) is 3.95. The molecule has 0 saturated carbocycles. The van der Waals surface area contributed by atoms with Gasteiger partial charge in [-0.05, 0) is 36.0 Å². The van der Waals surface area contributed by atoms with Gasteiger partial charge in [-0.1, -0.05) is 6.08 Å². The van der Waals surface area contributed by atoms with Crippen LogP contribution in [0.1, 0.15) is 6.42 Å². The van der Waals surface area contributed by atoms with Crippen molar-refractivity contribution >= 4 is 23.4 Å². The van der Waals surface area contributed by atoms with Gasteiger partial charge in [-0.2, -0.15) is 18.4 Å². The summed E-state index contributed by atoms with van der Waals surface area (Å²) in [5.41, 5.74) is -4.66. The van der Waals surface area contributed by atoms with Crippen molar-refractivity contribution in [3.63, 3.8) is 0 Å². The molecule has 0 spiro atoms. The molecule has 0 heterocycles. The first kappa shape index (κ1) is 17.7. The van der Waals surface area contributed by atoms with Gasteiger partial charge in [-0.15, -0.1) is 6.58 Å². The number of carbonyl (C=O) groups excluding carboxylic acids is 1. The summed E-state index contributed by atoms with van der Waals surface area (Å²) in [6.07, 6.45) is 1.28. The molecule has 0 aliphatic heterocycles. The third kappa shape index (κ3) is 5.54. The predicted molar refractivity (Wildman–Crippen MR) is 77.1 cm³/mol. The number of nitrogens with zero attached hydrogens (tertiary/aromatic N) is 1. The number of amides is 1. The number of hydrogen-bond donors (Lipinski definition) is 2. The second kappa shape index (κ2) is 7.56. The van der Waals surface area contributed by atoms with Crippen LogP contribution in [0.2, 0.25) is 0 Å². The van der Waals surface area contributed by atoms with E-state index in [2.05, 4.69) is 11.9 Å². The lowest BCUT2D eigenvalue weighted by molar-refractivity contribution is -0.112. The fourth-order valence-corrected chi connectivity index (χ4v) is 1.96. The number of nitriles is 1. The van der Waals surface area contributed by atoms with Crippen molar-refractivity contribution in [1.82, 2.24) is 0 Å². The topological polar surface area (TPSA) is 73.1 Å². The van der Waals surface area contributed by atoms with E-state index in [1.807, 2.05) is 0 Å². The highest BCUT2D eigenvalue weighted by Gasteiger charge is 2.29. The van der Waals surface area contributed by atoms with Crippen LogP contribution in [-0.2, 0) is 4.79 Å². The van der Waals surface area contributed by atoms with Crippen LogP contribution >= 0.6 is 11.8 Å². The van der Waals surface area contributed by atoms with Crippen molar-refractivity contribution in [2.75, 3.05) is 5.32 Å². The van der Waals surface area contributed by atoms with E-state index < -0.39 is 22.7 Å². The molecule has 2 N–H and O–H groups in total. The van der Waals surface area contributed by atoms with Gasteiger partial charge in [0.15, 0.2) is 5.57 Å². The van der Waals surface area contributed by atoms with Gasteiger partial charge in [-0.25, -0.2) is 0 Å². The Labute approximate surface area is 128 Å². The minimum absolute atomic E-state index is 0.0314. The molecule has 1 amide bonds. The molecule has 0 aromatic heterocycles. The number of nitrogens with one attached hydrogen (secondary N) is 1. The summed E-state index contributed by atoms with van der Waals surface area (Å²) >= 11 is -0.275. The predicted octanol–water partition coefficient (Wildman–Crippen LogP) is 4.15. The van der Waals surface area contributed by atoms with E-state index in [-0.39, 0.29) is 28.8 Å². The Bertz CT molecular complexity index is 631. The van der Waals surface area contributed by atoms with Crippen LogP contribution in [0.15, 0.2) is 53.1 Å². The van der Waals surface area contributed by atoms with Gasteiger partial charge in [0, 0.05) is 17.0 Å². The van der Waals surface area contributed by atoms with Gasteiger partial charge in [0.2, 0.25) is 0 Å². The van der Waals surface area contributed by atoms with Gasteiger partial charge in [0.05, 0.1) is 0 Å². The Balaban J connectivity index is 2.83. The smallest absolute Gasteiger partial charge is 0.446 e. The Kier molecular flexibility index (Phi) is 6.07. The van der Waals surface area contributed by atoms with Gasteiger partial charge < -0.3 is 10.4 Å². The number of halogens is 3. The molecule has 4 nitrogen and oxygen atoms in total. The molecule has 1 rings (SSSR count). The Morgan fingerprint density at radius 2 is 2.00 bits per heavy atom. The van der Waals surface area contributed by atoms with Crippen molar-refractivity contribution in [3.8, 4) is 6.07 Å². The molecule has 0 bridgehead atoms. The number of carbonyl (C=O) groups is 1. The average Bonchev–Trinajstić information content (AvgIpc) is 2.40. The normalized spacial score (nSPS) is 12.1. The third-order valence-electron chi connectivity index (χ3n) is 2.31. The number of alkyl halides is 3. The molecular weight excluding hydrogens is 317 g/mol. The van der Waals surface area contributed by atoms with Crippen molar-refractivity contribution < 1.29 is 23.1 Å². The molecule has 1 aromatic carbocycles. The largest absolute Gasteiger partial charge is 0.510 e. The molecule has 0 aliphatic rings. The highest BCUT2D eigenvalue weighted by atomic mass is 32.2. The van der Waals surface area contributed by atoms with Crippen molar-refractivity contribution in [2.45, 2.75) is 16.8 Å². The standard InChI is InChI=1S/C14H11F3N2O2S/c1-2-3-12(20)11(8-18)13(21)19-9-4-6-10(7-5-9)22-14(15,16)17/h2,4-7,20H,1,3H2,(H,19,21). The summed E-state index contributed by atoms with van der Waals surface area (Å²) in [6.45, 7) is 3.37. The summed E-state index contributed by atoms with van der Waals surface area (Å²) in [4.78, 5) is 11.8. The van der Waals surface area contributed by atoms with E-state index in [4.69, 9.17) is 5.26 Å². The quantitative estimate of drug-likeness (QED) is 0.280. The average molecular weight is 328 g/mol. The zero-order chi connectivity index (χ0) is 16.8. The zero-order valence-corrected chi connectivity index (χ0v) is 12.0. The highest BCUT2D eigenvalue weighted by molar-refractivity contribution is 8.00. The van der Waals surface area contributed by atoms with Crippen LogP contribution in [0.5, 0.6) is 0 Å². The van der Waals surface area contributed by atoms with E-state index in [0.717, 1.165) is 0 Å². The second-order valence-corrected chi connectivity index (χ2v) is 5.09. The molecule has 0 unspecified atom stereocenters. The molecule has 116 valence electrons. The zero-order valence-electron chi connectivity index (χ0n) is 11.1. The van der Waals surface area contributed by atoms with E-state index >= 15 is 0 Å². The summed E-state index contributed by atoms with van der Waals surface area (Å²) in [6, 6.07) is 6.48. The first-order valence-corrected chi connectivity index (χ1v) is 6.68. The molecule has 0 saturated heterocycles. The number of anilines is 1. The molecule has 1 aromatic rings. The summed E-state index contributed by atoms with van der Waals surface area (Å²) in [7, 11) is 0. The summed E-state index contributed by atoms with van der Waals surface area (Å²) in [5, 5.41) is 20.7. The summed E-state index contributed by atoms with van der Waals surface area (Å²) in [5.74, 6) is -1.28. The number of benzene rings is 1. The SMILES string of the molecule is C=CCC(O)=C(C#N)C(=O)Nc1ccc(SC(F)(F)F)cc1. The fraction of sp³-hybridized carbons (Fsp3) is 0.143. The molecule has 0 aliphatic carbocycles. The van der Waals surface area contributed by atoms with Crippen LogP contribution in [0.4, 0.5) is 18.9 Å². The summed E-state index contributed by atoms with van der Waals surface area (Å²) < 4.78 is 36.5. The van der Waals surface area contributed by atoms with Gasteiger partial charge in [0.25, 0.3) is 5.91 Å². The van der Waals surface area contributed by atoms with Crippen LogP contribution in [0.3, 0.4) is 0 Å². The van der Waals surface area contributed by atoms with Crippen LogP contribution < -0.4 is 5.32 Å². The lowest BCUT2D eigenvalue weighted by Gasteiger charge is -2.08. The van der Waals surface area contributed by atoms with Gasteiger partial charge in [-0.3, -0.25) is 4.79 Å². The van der Waals surface area contributed by atoms with Crippen molar-refractivity contribution in [3.05, 3.63) is 48.3 Å². The first-order chi connectivity index (χ1) is 10.3. The minimum Gasteiger partial charge on any atom is -0.510 e. The van der Waals surface area contributed by atoms with Gasteiger partial charge >= 0.3 is 5.51 Å². The van der Waals surface area contributed by atoms with Crippen LogP contribution in [-0.4, -0.2) is 16.5 Å². The first-order valence-electron chi connectivity index (χ1n) is 5.87. The Hall–Kier alpha value is -2.40. The van der Waals surface area contributed by atoms with E-state index in [1.54, 1.807) is 6.07 Å². The monoisotopic (exact) mass is 328 g/mol. The molecule has 8 heteroatoms. The minimum atomic E-state index is -4.39. The molecular formula is C14H11F3N2O2S. The maximum Gasteiger partial charge on any atom is 0.446 e. The third-order valence-corrected chi connectivity index (χ3v) is 3.05. The number of rotatable bonds is 5. The number of aliphatic hydroxyl groups is 1. The van der Waals surface area contributed by atoms with Crippen LogP contribution in [0.25, 0.3) is 0 Å². The lowest BCUT2D eigenvalue weighted by atomic mass is 10.2. The number of thioether (sulfide) groups is 1. The number of hydrogen-bond acceptors (Lipinski definition) is 4. The van der Waals surface area contributed by atoms with E-state index in [1.165, 1.54) is 30.3 Å². The van der Waals surface area contributed by atoms with Crippen LogP contribution in [0, 0.1) is 11.3 Å². The van der Waals surface area contributed by atoms with E-state index in [0.29, 0.717) is 0 Å². The van der Waals surface area contributed by atoms with E-state index in [9.17, 15) is 23.1 Å². The highest BCUT2D eigenvalue weighted by Crippen LogP contribution is 2.37. The Morgan fingerprint density at radius 1 is 1.41 bits per heavy atom. The molecule has 0 atom stereocenters. The van der Waals surface area contributed by atoms with Gasteiger partial charge in [0.1, 0.15) is 11.8 Å². The fourth-order valence-electron chi connectivity index (χ4n) is 1.42. The maximum absolute atomic E-state index is 12.2. The Morgan fingerprint density at radius 3 is 2.45 bits per heavy atom. The molecule has 0 fully saturated rings. The lowest BCUT2D eigenvalue weighted by Crippen LogP contribution is -2.15. The molecule has 0 radical (unpaired) electrons. The maximum atomic E-state index is 12.2. The molecule has 22 heavy (non-hydrogen) atoms. The number of aliphatic hydroxyl groups excluding tert-OH is 1. The van der Waals surface area contributed by atoms with Crippen molar-refractivity contribution in [2.24, 2.45) is 0 Å². The number of allylic oxidation sites excluding steroid dienone is 1.